The van der Waals surface area contributed by atoms with Crippen LogP contribution in [0.3, 0.4) is 0 Å². The summed E-state index contributed by atoms with van der Waals surface area (Å²) in [4.78, 5) is 37.3. The standard InChI is InChI=1S/C17H22ClN3O4/c1-11(16(23)21-8-2-3-9-21)25-15(22)10-14(20-17(19)24)12-4-6-13(18)7-5-12/h4-7,11,14H,2-3,8-10H2,1H3,(H3,19,20,24)/t11-,14+/m0/s1. The highest BCUT2D eigenvalue weighted by Gasteiger charge is 2.27. The molecular weight excluding hydrogens is 346 g/mol. The Balaban J connectivity index is 1.97. The third-order valence-electron chi connectivity index (χ3n) is 4.03. The summed E-state index contributed by atoms with van der Waals surface area (Å²) in [6.45, 7) is 2.94. The summed E-state index contributed by atoms with van der Waals surface area (Å²) in [5, 5.41) is 3.04. The van der Waals surface area contributed by atoms with Crippen LogP contribution in [0.5, 0.6) is 0 Å². The second kappa shape index (κ2) is 8.71. The van der Waals surface area contributed by atoms with Gasteiger partial charge in [0.15, 0.2) is 6.10 Å². The molecular formula is C17H22ClN3O4. The molecule has 1 heterocycles. The Bertz CT molecular complexity index is 629. The summed E-state index contributed by atoms with van der Waals surface area (Å²) >= 11 is 5.85. The number of carbonyl (C=O) groups is 3. The molecule has 3 amide bonds. The van der Waals surface area contributed by atoms with Crippen molar-refractivity contribution in [3.8, 4) is 0 Å². The first kappa shape index (κ1) is 19.1. The van der Waals surface area contributed by atoms with Gasteiger partial charge in [0.1, 0.15) is 0 Å². The van der Waals surface area contributed by atoms with E-state index in [1.807, 2.05) is 0 Å². The summed E-state index contributed by atoms with van der Waals surface area (Å²) in [6, 6.07) is 5.27. The first-order chi connectivity index (χ1) is 11.9. The molecule has 1 aromatic carbocycles. The van der Waals surface area contributed by atoms with Crippen LogP contribution in [-0.4, -0.2) is 42.0 Å². The summed E-state index contributed by atoms with van der Waals surface area (Å²) in [5.41, 5.74) is 5.84. The summed E-state index contributed by atoms with van der Waals surface area (Å²) < 4.78 is 5.23. The average molecular weight is 368 g/mol. The second-order valence-corrected chi connectivity index (χ2v) is 6.42. The van der Waals surface area contributed by atoms with E-state index in [-0.39, 0.29) is 12.3 Å². The number of rotatable bonds is 6. The van der Waals surface area contributed by atoms with E-state index in [0.717, 1.165) is 12.8 Å². The highest BCUT2D eigenvalue weighted by Crippen LogP contribution is 2.20. The maximum Gasteiger partial charge on any atom is 0.312 e. The minimum atomic E-state index is -0.856. The average Bonchev–Trinajstić information content (AvgIpc) is 3.08. The zero-order valence-corrected chi connectivity index (χ0v) is 14.8. The first-order valence-corrected chi connectivity index (χ1v) is 8.54. The predicted molar refractivity (Wildman–Crippen MR) is 92.9 cm³/mol. The van der Waals surface area contributed by atoms with Crippen LogP contribution < -0.4 is 11.1 Å². The Labute approximate surface area is 151 Å². The van der Waals surface area contributed by atoms with Crippen LogP contribution >= 0.6 is 11.6 Å². The van der Waals surface area contributed by atoms with Gasteiger partial charge in [-0.25, -0.2) is 4.79 Å². The van der Waals surface area contributed by atoms with E-state index in [0.29, 0.717) is 23.7 Å². The zero-order valence-electron chi connectivity index (χ0n) is 14.0. The Morgan fingerprint density at radius 1 is 1.24 bits per heavy atom. The van der Waals surface area contributed by atoms with Crippen LogP contribution in [0.15, 0.2) is 24.3 Å². The monoisotopic (exact) mass is 367 g/mol. The normalized spacial score (nSPS) is 16.2. The van der Waals surface area contributed by atoms with Gasteiger partial charge in [0, 0.05) is 18.1 Å². The van der Waals surface area contributed by atoms with Crippen LogP contribution in [-0.2, 0) is 14.3 Å². The Morgan fingerprint density at radius 3 is 2.40 bits per heavy atom. The van der Waals surface area contributed by atoms with Gasteiger partial charge in [0.25, 0.3) is 5.91 Å². The molecule has 25 heavy (non-hydrogen) atoms. The van der Waals surface area contributed by atoms with Gasteiger partial charge in [-0.2, -0.15) is 0 Å². The van der Waals surface area contributed by atoms with E-state index in [9.17, 15) is 14.4 Å². The maximum atomic E-state index is 12.2. The number of nitrogens with zero attached hydrogens (tertiary/aromatic N) is 1. The van der Waals surface area contributed by atoms with E-state index < -0.39 is 24.1 Å². The number of nitrogens with two attached hydrogens (primary N) is 1. The van der Waals surface area contributed by atoms with Crippen molar-refractivity contribution >= 4 is 29.5 Å². The lowest BCUT2D eigenvalue weighted by molar-refractivity contribution is -0.159. The third kappa shape index (κ3) is 5.63. The number of hydrogen-bond acceptors (Lipinski definition) is 4. The predicted octanol–water partition coefficient (Wildman–Crippen LogP) is 1.99. The number of ether oxygens (including phenoxy) is 1. The van der Waals surface area contributed by atoms with Gasteiger partial charge in [0.05, 0.1) is 12.5 Å². The van der Waals surface area contributed by atoms with E-state index in [4.69, 9.17) is 22.1 Å². The lowest BCUT2D eigenvalue weighted by Gasteiger charge is -2.22. The summed E-state index contributed by atoms with van der Waals surface area (Å²) in [7, 11) is 0. The zero-order chi connectivity index (χ0) is 18.4. The molecule has 2 atom stereocenters. The molecule has 1 fully saturated rings. The number of hydrogen-bond donors (Lipinski definition) is 2. The van der Waals surface area contributed by atoms with Gasteiger partial charge in [-0.1, -0.05) is 23.7 Å². The van der Waals surface area contributed by atoms with Crippen molar-refractivity contribution in [1.29, 1.82) is 0 Å². The SMILES string of the molecule is C[C@H](OC(=O)C[C@@H](NC(N)=O)c1ccc(Cl)cc1)C(=O)N1CCCC1. The molecule has 0 unspecified atom stereocenters. The van der Waals surface area contributed by atoms with Gasteiger partial charge in [-0.05, 0) is 37.5 Å². The van der Waals surface area contributed by atoms with Crippen LogP contribution in [0.25, 0.3) is 0 Å². The molecule has 3 N–H and O–H groups in total. The highest BCUT2D eigenvalue weighted by atomic mass is 35.5. The molecule has 0 spiro atoms. The van der Waals surface area contributed by atoms with Crippen LogP contribution in [0.1, 0.15) is 37.8 Å². The molecule has 8 heteroatoms. The van der Waals surface area contributed by atoms with E-state index >= 15 is 0 Å². The fourth-order valence-corrected chi connectivity index (χ4v) is 2.90. The molecule has 0 radical (unpaired) electrons. The van der Waals surface area contributed by atoms with Crippen LogP contribution in [0, 0.1) is 0 Å². The molecule has 7 nitrogen and oxygen atoms in total. The third-order valence-corrected chi connectivity index (χ3v) is 4.29. The number of carbonyl (C=O) groups excluding carboxylic acids is 3. The molecule has 1 aliphatic rings. The van der Waals surface area contributed by atoms with Crippen molar-refractivity contribution in [3.63, 3.8) is 0 Å². The number of likely N-dealkylation sites (tertiary alicyclic amines) is 1. The number of halogens is 1. The van der Waals surface area contributed by atoms with Gasteiger partial charge >= 0.3 is 12.0 Å². The van der Waals surface area contributed by atoms with Crippen molar-refractivity contribution in [2.75, 3.05) is 13.1 Å². The fourth-order valence-electron chi connectivity index (χ4n) is 2.78. The number of urea groups is 1. The van der Waals surface area contributed by atoms with Gasteiger partial charge in [0.2, 0.25) is 0 Å². The minimum Gasteiger partial charge on any atom is -0.452 e. The number of amides is 3. The Hall–Kier alpha value is -2.28. The highest BCUT2D eigenvalue weighted by molar-refractivity contribution is 6.30. The Morgan fingerprint density at radius 2 is 1.84 bits per heavy atom. The van der Waals surface area contributed by atoms with E-state index in [1.54, 1.807) is 36.1 Å². The molecule has 136 valence electrons. The van der Waals surface area contributed by atoms with E-state index in [1.165, 1.54) is 0 Å². The van der Waals surface area contributed by atoms with Gasteiger partial charge in [-0.3, -0.25) is 9.59 Å². The van der Waals surface area contributed by atoms with Gasteiger partial charge < -0.3 is 20.7 Å². The Kier molecular flexibility index (Phi) is 6.64. The molecule has 0 bridgehead atoms. The lowest BCUT2D eigenvalue weighted by Crippen LogP contribution is -2.39. The second-order valence-electron chi connectivity index (χ2n) is 5.98. The number of esters is 1. The lowest BCUT2D eigenvalue weighted by atomic mass is 10.0. The molecule has 1 saturated heterocycles. The number of benzene rings is 1. The topological polar surface area (TPSA) is 102 Å². The quantitative estimate of drug-likeness (QED) is 0.750. The molecule has 0 saturated carbocycles. The number of primary amides is 1. The first-order valence-electron chi connectivity index (χ1n) is 8.16. The summed E-state index contributed by atoms with van der Waals surface area (Å²) in [6.07, 6.45) is 0.939. The molecule has 0 aromatic heterocycles. The molecule has 2 rings (SSSR count). The van der Waals surface area contributed by atoms with E-state index in [2.05, 4.69) is 5.32 Å². The maximum absolute atomic E-state index is 12.2. The van der Waals surface area contributed by atoms with Crippen molar-refractivity contribution < 1.29 is 19.1 Å². The van der Waals surface area contributed by atoms with Crippen molar-refractivity contribution in [2.24, 2.45) is 5.73 Å². The molecule has 1 aromatic rings. The fraction of sp³-hybridized carbons (Fsp3) is 0.471. The molecule has 0 aliphatic carbocycles. The van der Waals surface area contributed by atoms with Crippen molar-refractivity contribution in [2.45, 2.75) is 38.3 Å². The number of nitrogens with one attached hydrogen (secondary N) is 1. The largest absolute Gasteiger partial charge is 0.452 e. The van der Waals surface area contributed by atoms with Gasteiger partial charge in [-0.15, -0.1) is 0 Å². The van der Waals surface area contributed by atoms with Crippen molar-refractivity contribution in [1.82, 2.24) is 10.2 Å². The van der Waals surface area contributed by atoms with Crippen molar-refractivity contribution in [3.05, 3.63) is 34.9 Å². The molecule has 1 aliphatic heterocycles. The summed E-state index contributed by atoms with van der Waals surface area (Å²) in [5.74, 6) is -0.787. The van der Waals surface area contributed by atoms with Crippen LogP contribution in [0.4, 0.5) is 4.79 Å². The minimum absolute atomic E-state index is 0.137. The van der Waals surface area contributed by atoms with Crippen LogP contribution in [0.2, 0.25) is 5.02 Å². The smallest absolute Gasteiger partial charge is 0.312 e.